The first-order valence-electron chi connectivity index (χ1n) is 6.64. The van der Waals surface area contributed by atoms with Gasteiger partial charge in [-0.1, -0.05) is 6.92 Å². The van der Waals surface area contributed by atoms with Gasteiger partial charge >= 0.3 is 0 Å². The second-order valence-corrected chi connectivity index (χ2v) is 4.64. The quantitative estimate of drug-likeness (QED) is 0.696. The van der Waals surface area contributed by atoms with Crippen LogP contribution in [0.15, 0.2) is 6.20 Å². The molecule has 1 unspecified atom stereocenters. The molecule has 19 heavy (non-hydrogen) atoms. The average molecular weight is 271 g/mol. The smallest absolute Gasteiger partial charge is 0.163 e. The molecule has 1 heterocycles. The third kappa shape index (κ3) is 3.68. The van der Waals surface area contributed by atoms with Gasteiger partial charge in [0.2, 0.25) is 0 Å². The lowest BCUT2D eigenvalue weighted by Crippen LogP contribution is -2.35. The van der Waals surface area contributed by atoms with Crippen molar-refractivity contribution in [2.75, 3.05) is 27.4 Å². The van der Waals surface area contributed by atoms with Gasteiger partial charge < -0.3 is 20.3 Å². The lowest BCUT2D eigenvalue weighted by atomic mass is 9.93. The van der Waals surface area contributed by atoms with Gasteiger partial charge in [0.05, 0.1) is 19.9 Å². The van der Waals surface area contributed by atoms with E-state index in [9.17, 15) is 5.11 Å². The molecule has 0 radical (unpaired) electrons. The van der Waals surface area contributed by atoms with Gasteiger partial charge in [-0.25, -0.2) is 0 Å². The number of hydrogen-bond donors (Lipinski definition) is 2. The summed E-state index contributed by atoms with van der Waals surface area (Å²) in [7, 11) is 3.15. The van der Waals surface area contributed by atoms with E-state index in [1.165, 1.54) is 0 Å². The molecule has 0 spiro atoms. The van der Waals surface area contributed by atoms with Crippen LogP contribution < -0.4 is 10.5 Å². The fraction of sp³-hybridized carbons (Fsp3) is 0.769. The van der Waals surface area contributed by atoms with Crippen molar-refractivity contribution in [3.63, 3.8) is 0 Å². The Balaban J connectivity index is 3.14. The molecule has 0 bridgehead atoms. The van der Waals surface area contributed by atoms with Gasteiger partial charge in [0.25, 0.3) is 0 Å². The van der Waals surface area contributed by atoms with E-state index in [2.05, 4.69) is 12.0 Å². The van der Waals surface area contributed by atoms with Crippen molar-refractivity contribution in [3.8, 4) is 5.75 Å². The first-order chi connectivity index (χ1) is 9.12. The van der Waals surface area contributed by atoms with E-state index in [0.29, 0.717) is 30.8 Å². The molecule has 3 N–H and O–H groups in total. The van der Waals surface area contributed by atoms with Gasteiger partial charge in [0.1, 0.15) is 11.3 Å². The SMILES string of the molecule is CCCn1ncc(OC)c1C(O)(CCCN)COC. The Hall–Kier alpha value is -1.11. The van der Waals surface area contributed by atoms with Crippen molar-refractivity contribution in [2.24, 2.45) is 5.73 Å². The molecule has 1 aromatic heterocycles. The van der Waals surface area contributed by atoms with E-state index in [4.69, 9.17) is 15.2 Å². The number of methoxy groups -OCH3 is 2. The number of aryl methyl sites for hydroxylation is 1. The van der Waals surface area contributed by atoms with E-state index in [-0.39, 0.29) is 6.61 Å². The zero-order valence-electron chi connectivity index (χ0n) is 12.1. The highest BCUT2D eigenvalue weighted by atomic mass is 16.5. The molecule has 0 aliphatic rings. The summed E-state index contributed by atoms with van der Waals surface area (Å²) in [5.41, 5.74) is 5.10. The summed E-state index contributed by atoms with van der Waals surface area (Å²) in [6.07, 6.45) is 3.79. The second kappa shape index (κ2) is 7.47. The first-order valence-corrected chi connectivity index (χ1v) is 6.64. The van der Waals surface area contributed by atoms with Crippen LogP contribution in [0, 0.1) is 0 Å². The number of nitrogens with two attached hydrogens (primary N) is 1. The Morgan fingerprint density at radius 3 is 2.74 bits per heavy atom. The number of ether oxygens (including phenoxy) is 2. The van der Waals surface area contributed by atoms with Crippen LogP contribution in [0.1, 0.15) is 31.9 Å². The minimum Gasteiger partial charge on any atom is -0.493 e. The minimum atomic E-state index is -1.12. The highest BCUT2D eigenvalue weighted by Gasteiger charge is 2.36. The van der Waals surface area contributed by atoms with Crippen molar-refractivity contribution in [1.82, 2.24) is 9.78 Å². The fourth-order valence-corrected chi connectivity index (χ4v) is 2.26. The van der Waals surface area contributed by atoms with Crippen LogP contribution in [0.3, 0.4) is 0 Å². The zero-order valence-corrected chi connectivity index (χ0v) is 12.1. The van der Waals surface area contributed by atoms with Crippen LogP contribution >= 0.6 is 0 Å². The van der Waals surface area contributed by atoms with Crippen LogP contribution in [0.25, 0.3) is 0 Å². The number of nitrogens with zero attached hydrogens (tertiary/aromatic N) is 2. The molecule has 0 aromatic carbocycles. The molecule has 0 saturated carbocycles. The number of hydrogen-bond acceptors (Lipinski definition) is 5. The average Bonchev–Trinajstić information content (AvgIpc) is 2.81. The molecule has 0 saturated heterocycles. The maximum atomic E-state index is 10.9. The maximum absolute atomic E-state index is 10.9. The van der Waals surface area contributed by atoms with Crippen molar-refractivity contribution in [3.05, 3.63) is 11.9 Å². The maximum Gasteiger partial charge on any atom is 0.163 e. The second-order valence-electron chi connectivity index (χ2n) is 4.64. The molecule has 0 aliphatic carbocycles. The van der Waals surface area contributed by atoms with Crippen molar-refractivity contribution >= 4 is 0 Å². The predicted molar refractivity (Wildman–Crippen MR) is 73.1 cm³/mol. The fourth-order valence-electron chi connectivity index (χ4n) is 2.26. The monoisotopic (exact) mass is 271 g/mol. The van der Waals surface area contributed by atoms with Crippen molar-refractivity contribution in [2.45, 2.75) is 38.3 Å². The third-order valence-electron chi connectivity index (χ3n) is 3.08. The van der Waals surface area contributed by atoms with Gasteiger partial charge in [0.15, 0.2) is 5.75 Å². The molecule has 1 rings (SSSR count). The standard InChI is InChI=1S/C13H25N3O3/c1-4-8-16-12(11(19-3)9-15-16)13(17,10-18-2)6-5-7-14/h9,17H,4-8,10,14H2,1-3H3. The summed E-state index contributed by atoms with van der Waals surface area (Å²) in [4.78, 5) is 0. The van der Waals surface area contributed by atoms with Gasteiger partial charge in [-0.3, -0.25) is 4.68 Å². The molecular formula is C13H25N3O3. The molecular weight excluding hydrogens is 246 g/mol. The number of rotatable bonds is 9. The minimum absolute atomic E-state index is 0.193. The Morgan fingerprint density at radius 2 is 2.21 bits per heavy atom. The molecule has 0 amide bonds. The van der Waals surface area contributed by atoms with E-state index >= 15 is 0 Å². The Morgan fingerprint density at radius 1 is 1.47 bits per heavy atom. The molecule has 0 aliphatic heterocycles. The van der Waals surface area contributed by atoms with E-state index in [1.807, 2.05) is 0 Å². The summed E-state index contributed by atoms with van der Waals surface area (Å²) in [5.74, 6) is 0.588. The zero-order chi connectivity index (χ0) is 14.3. The van der Waals surface area contributed by atoms with Gasteiger partial charge in [-0.2, -0.15) is 5.10 Å². The summed E-state index contributed by atoms with van der Waals surface area (Å²) in [6, 6.07) is 0. The van der Waals surface area contributed by atoms with Crippen LogP contribution in [0.4, 0.5) is 0 Å². The topological polar surface area (TPSA) is 82.5 Å². The molecule has 110 valence electrons. The molecule has 1 atom stereocenters. The highest BCUT2D eigenvalue weighted by Crippen LogP contribution is 2.34. The third-order valence-corrected chi connectivity index (χ3v) is 3.08. The summed E-state index contributed by atoms with van der Waals surface area (Å²) in [6.45, 7) is 3.51. The molecule has 1 aromatic rings. The van der Waals surface area contributed by atoms with Crippen molar-refractivity contribution < 1.29 is 14.6 Å². The van der Waals surface area contributed by atoms with Gasteiger partial charge in [0, 0.05) is 13.7 Å². The van der Waals surface area contributed by atoms with Gasteiger partial charge in [-0.05, 0) is 25.8 Å². The first kappa shape index (κ1) is 15.9. The lowest BCUT2D eigenvalue weighted by Gasteiger charge is -2.29. The number of aromatic nitrogens is 2. The summed E-state index contributed by atoms with van der Waals surface area (Å²) in [5, 5.41) is 15.2. The van der Waals surface area contributed by atoms with Crippen LogP contribution in [-0.2, 0) is 16.9 Å². The molecule has 6 nitrogen and oxygen atoms in total. The highest BCUT2D eigenvalue weighted by molar-refractivity contribution is 5.31. The summed E-state index contributed by atoms with van der Waals surface area (Å²) < 4.78 is 12.3. The van der Waals surface area contributed by atoms with Crippen molar-refractivity contribution in [1.29, 1.82) is 0 Å². The Bertz CT molecular complexity index is 381. The van der Waals surface area contributed by atoms with E-state index < -0.39 is 5.60 Å². The molecule has 0 fully saturated rings. The van der Waals surface area contributed by atoms with Gasteiger partial charge in [-0.15, -0.1) is 0 Å². The largest absolute Gasteiger partial charge is 0.493 e. The Labute approximate surface area is 114 Å². The normalized spacial score (nSPS) is 14.4. The lowest BCUT2D eigenvalue weighted by molar-refractivity contribution is -0.0505. The van der Waals surface area contributed by atoms with E-state index in [1.54, 1.807) is 25.1 Å². The van der Waals surface area contributed by atoms with E-state index in [0.717, 1.165) is 13.0 Å². The van der Waals surface area contributed by atoms with Crippen LogP contribution in [0.5, 0.6) is 5.75 Å². The van der Waals surface area contributed by atoms with Crippen LogP contribution in [0.2, 0.25) is 0 Å². The number of aliphatic hydroxyl groups is 1. The summed E-state index contributed by atoms with van der Waals surface area (Å²) >= 11 is 0. The Kier molecular flexibility index (Phi) is 6.27. The van der Waals surface area contributed by atoms with Crippen LogP contribution in [-0.4, -0.2) is 42.3 Å². The molecule has 6 heteroatoms. The predicted octanol–water partition coefficient (Wildman–Crippen LogP) is 0.875.